The Morgan fingerprint density at radius 1 is 1.33 bits per heavy atom. The van der Waals surface area contributed by atoms with Gasteiger partial charge in [0.1, 0.15) is 5.75 Å². The maximum atomic E-state index is 12.0. The lowest BCUT2D eigenvalue weighted by Gasteiger charge is -2.12. The molecule has 0 heterocycles. The molecule has 0 radical (unpaired) electrons. The molecule has 0 aliphatic heterocycles. The summed E-state index contributed by atoms with van der Waals surface area (Å²) in [5, 5.41) is 9.47. The minimum Gasteiger partial charge on any atom is -0.405 e. The molecule has 0 fully saturated rings. The summed E-state index contributed by atoms with van der Waals surface area (Å²) >= 11 is 0. The zero-order chi connectivity index (χ0) is 11.1. The van der Waals surface area contributed by atoms with Gasteiger partial charge in [0.05, 0.1) is 6.10 Å². The van der Waals surface area contributed by atoms with Crippen molar-refractivity contribution in [3.05, 3.63) is 29.3 Å². The van der Waals surface area contributed by atoms with Crippen LogP contribution >= 0.6 is 0 Å². The summed E-state index contributed by atoms with van der Waals surface area (Å²) in [5.74, 6) is -0.198. The van der Waals surface area contributed by atoms with Crippen LogP contribution in [0.25, 0.3) is 0 Å². The van der Waals surface area contributed by atoms with Crippen molar-refractivity contribution in [2.75, 3.05) is 0 Å². The van der Waals surface area contributed by atoms with E-state index in [0.717, 1.165) is 0 Å². The van der Waals surface area contributed by atoms with Crippen LogP contribution in [0.3, 0.4) is 0 Å². The van der Waals surface area contributed by atoms with Gasteiger partial charge in [-0.25, -0.2) is 0 Å². The third kappa shape index (κ3) is 2.07. The molecule has 0 bridgehead atoms. The van der Waals surface area contributed by atoms with E-state index in [9.17, 15) is 18.3 Å². The number of fused-ring (bicyclic) bond motifs is 1. The lowest BCUT2D eigenvalue weighted by atomic mass is 10.1. The van der Waals surface area contributed by atoms with Gasteiger partial charge in [0.15, 0.2) is 0 Å². The van der Waals surface area contributed by atoms with Gasteiger partial charge < -0.3 is 9.84 Å². The summed E-state index contributed by atoms with van der Waals surface area (Å²) in [4.78, 5) is 0. The molecule has 1 aliphatic rings. The van der Waals surface area contributed by atoms with Gasteiger partial charge in [-0.3, -0.25) is 0 Å². The number of aliphatic hydroxyl groups is 1. The minimum atomic E-state index is -4.68. The molecule has 1 atom stereocenters. The van der Waals surface area contributed by atoms with Crippen molar-refractivity contribution in [3.8, 4) is 5.75 Å². The van der Waals surface area contributed by atoms with E-state index >= 15 is 0 Å². The first-order valence-electron chi connectivity index (χ1n) is 4.53. The molecular formula is C10H9F3O2. The van der Waals surface area contributed by atoms with E-state index in [-0.39, 0.29) is 5.75 Å². The fourth-order valence-electron chi connectivity index (χ4n) is 1.82. The fraction of sp³-hybridized carbons (Fsp3) is 0.400. The van der Waals surface area contributed by atoms with Gasteiger partial charge in [0.2, 0.25) is 0 Å². The molecule has 0 unspecified atom stereocenters. The van der Waals surface area contributed by atoms with Gasteiger partial charge in [-0.05, 0) is 24.5 Å². The molecule has 0 spiro atoms. The maximum Gasteiger partial charge on any atom is 0.573 e. The average molecular weight is 218 g/mol. The number of hydrogen-bond donors (Lipinski definition) is 1. The van der Waals surface area contributed by atoms with Crippen molar-refractivity contribution < 1.29 is 23.0 Å². The van der Waals surface area contributed by atoms with E-state index in [4.69, 9.17) is 0 Å². The highest BCUT2D eigenvalue weighted by molar-refractivity contribution is 5.44. The van der Waals surface area contributed by atoms with Gasteiger partial charge in [0, 0.05) is 5.56 Å². The highest BCUT2D eigenvalue weighted by atomic mass is 19.4. The second-order valence-corrected chi connectivity index (χ2v) is 3.43. The Kier molecular flexibility index (Phi) is 2.34. The van der Waals surface area contributed by atoms with Crippen molar-refractivity contribution >= 4 is 0 Å². The molecule has 2 rings (SSSR count). The lowest BCUT2D eigenvalue weighted by molar-refractivity contribution is -0.274. The normalized spacial score (nSPS) is 20.1. The Morgan fingerprint density at radius 3 is 2.73 bits per heavy atom. The van der Waals surface area contributed by atoms with Gasteiger partial charge in [-0.2, -0.15) is 0 Å². The van der Waals surface area contributed by atoms with Gasteiger partial charge in [0.25, 0.3) is 0 Å². The van der Waals surface area contributed by atoms with Crippen LogP contribution in [0.5, 0.6) is 5.75 Å². The Bertz CT molecular complexity index is 373. The van der Waals surface area contributed by atoms with Crippen LogP contribution in [0.4, 0.5) is 13.2 Å². The predicted molar refractivity (Wildman–Crippen MR) is 46.4 cm³/mol. The summed E-state index contributed by atoms with van der Waals surface area (Å²) in [6.07, 6.45) is -4.48. The summed E-state index contributed by atoms with van der Waals surface area (Å²) in [5.41, 5.74) is 0.999. The van der Waals surface area contributed by atoms with E-state index in [1.165, 1.54) is 12.1 Å². The summed E-state index contributed by atoms with van der Waals surface area (Å²) in [6, 6.07) is 4.34. The standard InChI is InChI=1S/C10H9F3O2/c11-10(12,13)15-9-3-1-2-6-7(9)4-5-8(6)14/h1-3,8,14H,4-5H2/t8-/m0/s1. The Balaban J connectivity index is 2.34. The second-order valence-electron chi connectivity index (χ2n) is 3.43. The Hall–Kier alpha value is -1.23. The fourth-order valence-corrected chi connectivity index (χ4v) is 1.82. The molecule has 5 heteroatoms. The molecule has 1 aliphatic carbocycles. The van der Waals surface area contributed by atoms with Crippen molar-refractivity contribution in [2.24, 2.45) is 0 Å². The zero-order valence-electron chi connectivity index (χ0n) is 7.71. The highest BCUT2D eigenvalue weighted by Crippen LogP contribution is 2.38. The lowest BCUT2D eigenvalue weighted by Crippen LogP contribution is -2.18. The third-order valence-corrected chi connectivity index (χ3v) is 2.42. The Morgan fingerprint density at radius 2 is 2.07 bits per heavy atom. The molecule has 82 valence electrons. The van der Waals surface area contributed by atoms with E-state index in [1.54, 1.807) is 6.07 Å². The van der Waals surface area contributed by atoms with Gasteiger partial charge in [-0.1, -0.05) is 12.1 Å². The predicted octanol–water partition coefficient (Wildman–Crippen LogP) is 2.56. The highest BCUT2D eigenvalue weighted by Gasteiger charge is 2.34. The molecule has 2 nitrogen and oxygen atoms in total. The topological polar surface area (TPSA) is 29.5 Å². The van der Waals surface area contributed by atoms with Crippen molar-refractivity contribution in [1.82, 2.24) is 0 Å². The molecule has 1 aromatic carbocycles. The van der Waals surface area contributed by atoms with Crippen LogP contribution in [0.1, 0.15) is 23.7 Å². The number of benzene rings is 1. The van der Waals surface area contributed by atoms with Crippen molar-refractivity contribution in [3.63, 3.8) is 0 Å². The van der Waals surface area contributed by atoms with Crippen LogP contribution in [0.2, 0.25) is 0 Å². The summed E-state index contributed by atoms with van der Waals surface area (Å²) in [6.45, 7) is 0. The van der Waals surface area contributed by atoms with Crippen molar-refractivity contribution in [1.29, 1.82) is 0 Å². The molecular weight excluding hydrogens is 209 g/mol. The maximum absolute atomic E-state index is 12.0. The summed E-state index contributed by atoms with van der Waals surface area (Å²) < 4.78 is 39.9. The molecule has 1 aromatic rings. The number of alkyl halides is 3. The molecule has 0 saturated heterocycles. The monoisotopic (exact) mass is 218 g/mol. The second kappa shape index (κ2) is 3.41. The summed E-state index contributed by atoms with van der Waals surface area (Å²) in [7, 11) is 0. The average Bonchev–Trinajstić information content (AvgIpc) is 2.47. The van der Waals surface area contributed by atoms with E-state index in [0.29, 0.717) is 24.0 Å². The Labute approximate surface area is 84.3 Å². The van der Waals surface area contributed by atoms with Crippen molar-refractivity contribution in [2.45, 2.75) is 25.3 Å². The number of rotatable bonds is 1. The minimum absolute atomic E-state index is 0.198. The van der Waals surface area contributed by atoms with Crippen LogP contribution in [-0.2, 0) is 6.42 Å². The first-order valence-corrected chi connectivity index (χ1v) is 4.53. The first kappa shape index (κ1) is 10.3. The van der Waals surface area contributed by atoms with E-state index in [1.807, 2.05) is 0 Å². The number of halogens is 3. The van der Waals surface area contributed by atoms with Crippen LogP contribution < -0.4 is 4.74 Å². The van der Waals surface area contributed by atoms with Crippen LogP contribution in [0, 0.1) is 0 Å². The van der Waals surface area contributed by atoms with E-state index in [2.05, 4.69) is 4.74 Å². The number of aliphatic hydroxyl groups excluding tert-OH is 1. The molecule has 0 amide bonds. The smallest absolute Gasteiger partial charge is 0.405 e. The van der Waals surface area contributed by atoms with Crippen LogP contribution in [0.15, 0.2) is 18.2 Å². The van der Waals surface area contributed by atoms with Gasteiger partial charge in [-0.15, -0.1) is 13.2 Å². The number of hydrogen-bond acceptors (Lipinski definition) is 2. The SMILES string of the molecule is O[C@H]1CCc2c(OC(F)(F)F)cccc21. The molecule has 15 heavy (non-hydrogen) atoms. The van der Waals surface area contributed by atoms with E-state index < -0.39 is 12.5 Å². The van der Waals surface area contributed by atoms with Crippen LogP contribution in [-0.4, -0.2) is 11.5 Å². The number of ether oxygens (including phenoxy) is 1. The van der Waals surface area contributed by atoms with Gasteiger partial charge >= 0.3 is 6.36 Å². The molecule has 1 N–H and O–H groups in total. The molecule has 0 aromatic heterocycles. The third-order valence-electron chi connectivity index (χ3n) is 2.42. The first-order chi connectivity index (χ1) is 6.97. The molecule has 0 saturated carbocycles. The quantitative estimate of drug-likeness (QED) is 0.784. The largest absolute Gasteiger partial charge is 0.573 e. The zero-order valence-corrected chi connectivity index (χ0v) is 7.71.